The largest absolute Gasteiger partial charge is 0.0622 e. The standard InChI is InChI=1S/C56H72P2/c1-51(2,3)41-33-43(53(7,8)9)49(44(34-41)54(10,11)12)57-47(37-26-21-19-22-27-37)39-30-25-31-40(32-39)48(38-28-23-20-24-29-38)58-50-45(55(13,14)15)35-42(52(4,5)6)36-46(50)56(16,17)18/h19-36H,1-18H3. The molecule has 0 saturated heterocycles. The number of hydrogen-bond donors (Lipinski definition) is 0. The lowest BCUT2D eigenvalue weighted by atomic mass is 9.75. The smallest absolute Gasteiger partial charge is 0.0169 e. The van der Waals surface area contributed by atoms with E-state index in [1.807, 2.05) is 0 Å². The van der Waals surface area contributed by atoms with E-state index < -0.39 is 0 Å². The van der Waals surface area contributed by atoms with E-state index in [1.54, 1.807) is 0 Å². The fraction of sp³-hybridized carbons (Fsp3) is 0.429. The summed E-state index contributed by atoms with van der Waals surface area (Å²) in [5.41, 5.74) is 13.6. The highest BCUT2D eigenvalue weighted by Crippen LogP contribution is 2.39. The van der Waals surface area contributed by atoms with Gasteiger partial charge in [-0.1, -0.05) is 244 Å². The molecule has 0 unspecified atom stereocenters. The summed E-state index contributed by atoms with van der Waals surface area (Å²) in [5, 5.41) is 5.55. The minimum atomic E-state index is -0.0293. The zero-order chi connectivity index (χ0) is 43.2. The minimum absolute atomic E-state index is 0.0293. The number of benzene rings is 5. The second kappa shape index (κ2) is 16.5. The van der Waals surface area contributed by atoms with Crippen molar-refractivity contribution in [3.05, 3.63) is 165 Å². The lowest BCUT2D eigenvalue weighted by molar-refractivity contribution is 0.553. The maximum Gasteiger partial charge on any atom is 0.0169 e. The fourth-order valence-electron chi connectivity index (χ4n) is 7.48. The van der Waals surface area contributed by atoms with Gasteiger partial charge in [0.15, 0.2) is 0 Å². The minimum Gasteiger partial charge on any atom is -0.0622 e. The summed E-state index contributed by atoms with van der Waals surface area (Å²) in [7, 11) is 2.45. The molecule has 306 valence electrons. The molecule has 0 spiro atoms. The van der Waals surface area contributed by atoms with Gasteiger partial charge in [0.05, 0.1) is 0 Å². The van der Waals surface area contributed by atoms with Crippen LogP contribution >= 0.6 is 16.4 Å². The first kappa shape index (κ1) is 45.5. The zero-order valence-electron chi connectivity index (χ0n) is 39.3. The molecule has 0 aliphatic rings. The molecule has 0 nitrogen and oxygen atoms in total. The Balaban J connectivity index is 1.90. The van der Waals surface area contributed by atoms with Crippen LogP contribution < -0.4 is 10.6 Å². The fourth-order valence-corrected chi connectivity index (χ4v) is 11.1. The lowest BCUT2D eigenvalue weighted by Crippen LogP contribution is -2.30. The van der Waals surface area contributed by atoms with Gasteiger partial charge in [-0.2, -0.15) is 0 Å². The van der Waals surface area contributed by atoms with Gasteiger partial charge < -0.3 is 0 Å². The second-order valence-electron chi connectivity index (χ2n) is 22.6. The molecule has 0 heterocycles. The molecule has 0 radical (unpaired) electrons. The van der Waals surface area contributed by atoms with Crippen LogP contribution in [0.25, 0.3) is 0 Å². The van der Waals surface area contributed by atoms with Gasteiger partial charge in [0, 0.05) is 21.2 Å². The highest BCUT2D eigenvalue weighted by Gasteiger charge is 2.31. The topological polar surface area (TPSA) is 0 Å². The van der Waals surface area contributed by atoms with E-state index in [2.05, 4.69) is 234 Å². The molecule has 0 N–H and O–H groups in total. The van der Waals surface area contributed by atoms with Gasteiger partial charge in [-0.25, -0.2) is 0 Å². The second-order valence-corrected chi connectivity index (χ2v) is 24.8. The Morgan fingerprint density at radius 1 is 0.293 bits per heavy atom. The van der Waals surface area contributed by atoms with Crippen LogP contribution in [0, 0.1) is 0 Å². The highest BCUT2D eigenvalue weighted by molar-refractivity contribution is 7.51. The lowest BCUT2D eigenvalue weighted by Gasteiger charge is -2.33. The van der Waals surface area contributed by atoms with Crippen LogP contribution in [-0.2, 0) is 32.5 Å². The quantitative estimate of drug-likeness (QED) is 0.150. The number of rotatable bonds is 6. The van der Waals surface area contributed by atoms with Crippen molar-refractivity contribution in [2.75, 3.05) is 0 Å². The Labute approximate surface area is 357 Å². The number of hydrogen-bond acceptors (Lipinski definition) is 0. The molecule has 5 rings (SSSR count). The van der Waals surface area contributed by atoms with Crippen LogP contribution in [-0.4, -0.2) is 10.6 Å². The molecule has 0 atom stereocenters. The highest BCUT2D eigenvalue weighted by atomic mass is 31.1. The Morgan fingerprint density at radius 2 is 0.552 bits per heavy atom. The van der Waals surface area contributed by atoms with Gasteiger partial charge in [0.1, 0.15) is 0 Å². The maximum absolute atomic E-state index is 2.52. The van der Waals surface area contributed by atoms with E-state index in [-0.39, 0.29) is 32.5 Å². The van der Waals surface area contributed by atoms with Crippen LogP contribution in [0.1, 0.15) is 180 Å². The van der Waals surface area contributed by atoms with Crippen LogP contribution in [0.4, 0.5) is 0 Å². The average molecular weight is 807 g/mol. The molecule has 0 aliphatic carbocycles. The van der Waals surface area contributed by atoms with E-state index in [1.165, 1.54) is 93.2 Å². The summed E-state index contributed by atoms with van der Waals surface area (Å²) >= 11 is 0. The van der Waals surface area contributed by atoms with Gasteiger partial charge in [-0.05, 0) is 94.2 Å². The van der Waals surface area contributed by atoms with Crippen molar-refractivity contribution in [1.82, 2.24) is 0 Å². The van der Waals surface area contributed by atoms with Gasteiger partial charge in [-0.3, -0.25) is 0 Å². The van der Waals surface area contributed by atoms with Crippen molar-refractivity contribution in [2.24, 2.45) is 0 Å². The van der Waals surface area contributed by atoms with Gasteiger partial charge in [-0.15, -0.1) is 0 Å². The Morgan fingerprint density at radius 3 is 0.793 bits per heavy atom. The summed E-state index contributed by atoms with van der Waals surface area (Å²) in [5.74, 6) is 0. The van der Waals surface area contributed by atoms with Crippen molar-refractivity contribution in [3.8, 4) is 0 Å². The summed E-state index contributed by atoms with van der Waals surface area (Å²) in [6, 6.07) is 41.8. The van der Waals surface area contributed by atoms with Crippen LogP contribution in [0.3, 0.4) is 0 Å². The Bertz CT molecular complexity index is 2060. The van der Waals surface area contributed by atoms with E-state index in [9.17, 15) is 0 Å². The SMILES string of the molecule is CC(C)(C)c1cc(C(C)(C)C)c(P=C(c2ccccc2)c2cccc(C(=Pc3c(C(C)(C)C)cc(C(C)(C)C)cc3C(C)(C)C)c3ccccc3)c2)c(C(C)(C)C)c1. The molecule has 5 aromatic carbocycles. The average Bonchev–Trinajstić information content (AvgIpc) is 3.10. The molecule has 58 heavy (non-hydrogen) atoms. The molecule has 0 amide bonds. The van der Waals surface area contributed by atoms with Crippen LogP contribution in [0.15, 0.2) is 109 Å². The first-order valence-corrected chi connectivity index (χ1v) is 23.1. The predicted molar refractivity (Wildman–Crippen MR) is 264 cm³/mol. The third-order valence-corrected chi connectivity index (χ3v) is 14.0. The van der Waals surface area contributed by atoms with Crippen molar-refractivity contribution >= 4 is 37.6 Å². The third-order valence-electron chi connectivity index (χ3n) is 11.1. The first-order valence-electron chi connectivity index (χ1n) is 21.3. The van der Waals surface area contributed by atoms with Crippen molar-refractivity contribution < 1.29 is 0 Å². The summed E-state index contributed by atoms with van der Waals surface area (Å²) in [6.07, 6.45) is 0. The summed E-state index contributed by atoms with van der Waals surface area (Å²) < 4.78 is 0. The van der Waals surface area contributed by atoms with Gasteiger partial charge in [0.2, 0.25) is 0 Å². The van der Waals surface area contributed by atoms with E-state index in [0.29, 0.717) is 0 Å². The Hall–Kier alpha value is -3.56. The molecule has 0 bridgehead atoms. The molecule has 0 aromatic heterocycles. The van der Waals surface area contributed by atoms with Crippen molar-refractivity contribution in [2.45, 2.75) is 157 Å². The molecular formula is C56H72P2. The molecule has 2 heteroatoms. The normalized spacial score (nSPS) is 13.9. The molecule has 5 aromatic rings. The van der Waals surface area contributed by atoms with Crippen molar-refractivity contribution in [3.63, 3.8) is 0 Å². The van der Waals surface area contributed by atoms with Crippen LogP contribution in [0.5, 0.6) is 0 Å². The first-order chi connectivity index (χ1) is 26.6. The maximum atomic E-state index is 2.52. The van der Waals surface area contributed by atoms with E-state index in [0.717, 1.165) is 0 Å². The molecule has 0 aliphatic heterocycles. The predicted octanol–water partition coefficient (Wildman–Crippen LogP) is 15.2. The molecule has 0 fully saturated rings. The molecular weight excluding hydrogens is 735 g/mol. The van der Waals surface area contributed by atoms with Crippen molar-refractivity contribution in [1.29, 1.82) is 0 Å². The summed E-state index contributed by atoms with van der Waals surface area (Å²) in [4.78, 5) is 0. The van der Waals surface area contributed by atoms with Crippen LogP contribution in [0.2, 0.25) is 0 Å². The van der Waals surface area contributed by atoms with Gasteiger partial charge >= 0.3 is 0 Å². The zero-order valence-corrected chi connectivity index (χ0v) is 41.1. The Kier molecular flexibility index (Phi) is 12.9. The van der Waals surface area contributed by atoms with E-state index in [4.69, 9.17) is 0 Å². The monoisotopic (exact) mass is 807 g/mol. The van der Waals surface area contributed by atoms with E-state index >= 15 is 0 Å². The van der Waals surface area contributed by atoms with Gasteiger partial charge in [0.25, 0.3) is 0 Å². The molecule has 0 saturated carbocycles. The third kappa shape index (κ3) is 10.6. The summed E-state index contributed by atoms with van der Waals surface area (Å²) in [6.45, 7) is 42.7.